The Morgan fingerprint density at radius 2 is 2.14 bits per heavy atom. The fourth-order valence-electron chi connectivity index (χ4n) is 1.18. The van der Waals surface area contributed by atoms with Crippen LogP contribution in [0.4, 0.5) is 11.4 Å². The summed E-state index contributed by atoms with van der Waals surface area (Å²) in [5.74, 6) is -0.235. The van der Waals surface area contributed by atoms with Gasteiger partial charge in [-0.25, -0.2) is 0 Å². The number of ether oxygens (including phenoxy) is 1. The molecule has 0 spiro atoms. The van der Waals surface area contributed by atoms with Gasteiger partial charge in [-0.05, 0) is 24.1 Å². The number of benzene rings is 1. The van der Waals surface area contributed by atoms with Gasteiger partial charge >= 0.3 is 5.97 Å². The van der Waals surface area contributed by atoms with Gasteiger partial charge in [0, 0.05) is 17.8 Å². The van der Waals surface area contributed by atoms with Gasteiger partial charge in [0.15, 0.2) is 0 Å². The van der Waals surface area contributed by atoms with Gasteiger partial charge in [0.2, 0.25) is 0 Å². The SMILES string of the molecule is COC(=O)CCc1ccc(N)cc1N. The largest absolute Gasteiger partial charge is 0.469 e. The second-order valence-electron chi connectivity index (χ2n) is 3.03. The molecule has 0 aromatic heterocycles. The average molecular weight is 194 g/mol. The molecule has 76 valence electrons. The number of carbonyl (C=O) groups is 1. The third-order valence-electron chi connectivity index (χ3n) is 2.00. The van der Waals surface area contributed by atoms with E-state index in [0.717, 1.165) is 5.56 Å². The fourth-order valence-corrected chi connectivity index (χ4v) is 1.18. The number of esters is 1. The van der Waals surface area contributed by atoms with Crippen LogP contribution in [-0.2, 0) is 16.0 Å². The summed E-state index contributed by atoms with van der Waals surface area (Å²) < 4.78 is 4.53. The summed E-state index contributed by atoms with van der Waals surface area (Å²) in [5, 5.41) is 0. The van der Waals surface area contributed by atoms with Crippen molar-refractivity contribution in [3.05, 3.63) is 23.8 Å². The van der Waals surface area contributed by atoms with Crippen LogP contribution in [-0.4, -0.2) is 13.1 Å². The molecule has 0 aliphatic carbocycles. The first-order valence-corrected chi connectivity index (χ1v) is 4.34. The van der Waals surface area contributed by atoms with Crippen LogP contribution in [0, 0.1) is 0 Å². The van der Waals surface area contributed by atoms with Crippen molar-refractivity contribution < 1.29 is 9.53 Å². The normalized spacial score (nSPS) is 9.79. The third-order valence-corrected chi connectivity index (χ3v) is 2.00. The van der Waals surface area contributed by atoms with E-state index in [1.165, 1.54) is 7.11 Å². The molecule has 0 atom stereocenters. The Morgan fingerprint density at radius 3 is 2.71 bits per heavy atom. The van der Waals surface area contributed by atoms with Crippen molar-refractivity contribution in [1.29, 1.82) is 0 Å². The molecule has 4 N–H and O–H groups in total. The number of rotatable bonds is 3. The molecule has 1 rings (SSSR count). The lowest BCUT2D eigenvalue weighted by Gasteiger charge is -2.05. The van der Waals surface area contributed by atoms with Crippen LogP contribution >= 0.6 is 0 Å². The summed E-state index contributed by atoms with van der Waals surface area (Å²) in [6.45, 7) is 0. The molecule has 14 heavy (non-hydrogen) atoms. The molecule has 0 saturated carbocycles. The number of nitrogens with two attached hydrogens (primary N) is 2. The van der Waals surface area contributed by atoms with Crippen molar-refractivity contribution in [3.8, 4) is 0 Å². The molecule has 4 heteroatoms. The van der Waals surface area contributed by atoms with E-state index in [1.54, 1.807) is 12.1 Å². The van der Waals surface area contributed by atoms with Crippen LogP contribution in [0.5, 0.6) is 0 Å². The van der Waals surface area contributed by atoms with Crippen LogP contribution in [0.3, 0.4) is 0 Å². The van der Waals surface area contributed by atoms with Crippen LogP contribution in [0.25, 0.3) is 0 Å². The molecule has 0 fully saturated rings. The van der Waals surface area contributed by atoms with E-state index in [0.29, 0.717) is 24.2 Å². The van der Waals surface area contributed by atoms with Gasteiger partial charge in [-0.3, -0.25) is 4.79 Å². The minimum absolute atomic E-state index is 0.235. The lowest BCUT2D eigenvalue weighted by atomic mass is 10.1. The molecule has 0 bridgehead atoms. The maximum Gasteiger partial charge on any atom is 0.305 e. The third kappa shape index (κ3) is 2.65. The summed E-state index contributed by atoms with van der Waals surface area (Å²) in [6, 6.07) is 5.28. The lowest BCUT2D eigenvalue weighted by molar-refractivity contribution is -0.140. The number of hydrogen-bond acceptors (Lipinski definition) is 4. The Balaban J connectivity index is 2.63. The topological polar surface area (TPSA) is 78.3 Å². The second kappa shape index (κ2) is 4.50. The Bertz CT molecular complexity index is 337. The molecule has 0 aliphatic rings. The van der Waals surface area contributed by atoms with Crippen LogP contribution in [0.1, 0.15) is 12.0 Å². The van der Waals surface area contributed by atoms with Gasteiger partial charge in [0.05, 0.1) is 7.11 Å². The number of anilines is 2. The summed E-state index contributed by atoms with van der Waals surface area (Å²) in [6.07, 6.45) is 0.920. The van der Waals surface area contributed by atoms with E-state index in [1.807, 2.05) is 6.07 Å². The van der Waals surface area contributed by atoms with Crippen molar-refractivity contribution in [3.63, 3.8) is 0 Å². The van der Waals surface area contributed by atoms with Gasteiger partial charge in [-0.1, -0.05) is 6.07 Å². The Hall–Kier alpha value is -1.71. The molecular weight excluding hydrogens is 180 g/mol. The van der Waals surface area contributed by atoms with Gasteiger partial charge in [0.25, 0.3) is 0 Å². The summed E-state index contributed by atoms with van der Waals surface area (Å²) in [4.78, 5) is 10.9. The highest BCUT2D eigenvalue weighted by atomic mass is 16.5. The summed E-state index contributed by atoms with van der Waals surface area (Å²) in [5.41, 5.74) is 13.4. The first-order valence-electron chi connectivity index (χ1n) is 4.34. The maximum atomic E-state index is 10.9. The van der Waals surface area contributed by atoms with Crippen LogP contribution in [0.2, 0.25) is 0 Å². The lowest BCUT2D eigenvalue weighted by Crippen LogP contribution is -2.04. The highest BCUT2D eigenvalue weighted by Gasteiger charge is 2.04. The molecular formula is C10H14N2O2. The highest BCUT2D eigenvalue weighted by Crippen LogP contribution is 2.17. The standard InChI is InChI=1S/C10H14N2O2/c1-14-10(13)5-3-7-2-4-8(11)6-9(7)12/h2,4,6H,3,5,11-12H2,1H3. The van der Waals surface area contributed by atoms with E-state index < -0.39 is 0 Å². The number of methoxy groups -OCH3 is 1. The molecule has 4 nitrogen and oxygen atoms in total. The van der Waals surface area contributed by atoms with E-state index in [2.05, 4.69) is 4.74 Å². The molecule has 0 saturated heterocycles. The van der Waals surface area contributed by atoms with Gasteiger partial charge in [-0.15, -0.1) is 0 Å². The van der Waals surface area contributed by atoms with Crippen molar-refractivity contribution in [2.75, 3.05) is 18.6 Å². The predicted octanol–water partition coefficient (Wildman–Crippen LogP) is 0.957. The minimum Gasteiger partial charge on any atom is -0.469 e. The molecule has 0 heterocycles. The van der Waals surface area contributed by atoms with E-state index in [9.17, 15) is 4.79 Å². The maximum absolute atomic E-state index is 10.9. The predicted molar refractivity (Wildman–Crippen MR) is 55.6 cm³/mol. The molecule has 0 radical (unpaired) electrons. The molecule has 1 aromatic rings. The van der Waals surface area contributed by atoms with Gasteiger partial charge in [-0.2, -0.15) is 0 Å². The summed E-state index contributed by atoms with van der Waals surface area (Å²) >= 11 is 0. The van der Waals surface area contributed by atoms with Crippen molar-refractivity contribution >= 4 is 17.3 Å². The molecule has 0 amide bonds. The fraction of sp³-hybridized carbons (Fsp3) is 0.300. The number of nitrogen functional groups attached to an aromatic ring is 2. The van der Waals surface area contributed by atoms with Crippen LogP contribution in [0.15, 0.2) is 18.2 Å². The number of hydrogen-bond donors (Lipinski definition) is 2. The van der Waals surface area contributed by atoms with Gasteiger partial charge in [0.1, 0.15) is 0 Å². The van der Waals surface area contributed by atoms with Crippen molar-refractivity contribution in [1.82, 2.24) is 0 Å². The summed E-state index contributed by atoms with van der Waals surface area (Å²) in [7, 11) is 1.37. The van der Waals surface area contributed by atoms with E-state index in [-0.39, 0.29) is 5.97 Å². The van der Waals surface area contributed by atoms with Gasteiger partial charge < -0.3 is 16.2 Å². The zero-order chi connectivity index (χ0) is 10.6. The quantitative estimate of drug-likeness (QED) is 0.554. The smallest absolute Gasteiger partial charge is 0.305 e. The minimum atomic E-state index is -0.235. The monoisotopic (exact) mass is 194 g/mol. The number of carbonyl (C=O) groups excluding carboxylic acids is 1. The molecule has 1 aromatic carbocycles. The molecule has 0 unspecified atom stereocenters. The number of aryl methyl sites for hydroxylation is 1. The first kappa shape index (κ1) is 10.4. The Labute approximate surface area is 82.8 Å². The van der Waals surface area contributed by atoms with E-state index in [4.69, 9.17) is 11.5 Å². The average Bonchev–Trinajstić information content (AvgIpc) is 2.16. The van der Waals surface area contributed by atoms with Crippen molar-refractivity contribution in [2.24, 2.45) is 0 Å². The zero-order valence-corrected chi connectivity index (χ0v) is 8.12. The Kier molecular flexibility index (Phi) is 3.34. The van der Waals surface area contributed by atoms with Crippen molar-refractivity contribution in [2.45, 2.75) is 12.8 Å². The van der Waals surface area contributed by atoms with Crippen LogP contribution < -0.4 is 11.5 Å². The zero-order valence-electron chi connectivity index (χ0n) is 8.12. The highest BCUT2D eigenvalue weighted by molar-refractivity contribution is 5.70. The van der Waals surface area contributed by atoms with E-state index >= 15 is 0 Å². The molecule has 0 aliphatic heterocycles. The Morgan fingerprint density at radius 1 is 1.43 bits per heavy atom. The second-order valence-corrected chi connectivity index (χ2v) is 3.03. The first-order chi connectivity index (χ1) is 6.63.